The molecule has 0 aliphatic carbocycles. The predicted octanol–water partition coefficient (Wildman–Crippen LogP) is 4.40. The van der Waals surface area contributed by atoms with Crippen molar-refractivity contribution < 1.29 is 0 Å². The number of hydrogen-bond acceptors (Lipinski definition) is 2. The summed E-state index contributed by atoms with van der Waals surface area (Å²) < 4.78 is 2.41. The third-order valence-corrected chi connectivity index (χ3v) is 5.03. The monoisotopic (exact) mass is 313 g/mol. The highest BCUT2D eigenvalue weighted by Gasteiger charge is 2.23. The maximum atomic E-state index is 5.00. The molecule has 0 bridgehead atoms. The first-order valence-electron chi connectivity index (χ1n) is 8.59. The van der Waals surface area contributed by atoms with Gasteiger partial charge in [0.05, 0.1) is 17.9 Å². The quantitative estimate of drug-likeness (QED) is 0.689. The van der Waals surface area contributed by atoms with Crippen LogP contribution in [0.4, 0.5) is 0 Å². The molecule has 0 atom stereocenters. The van der Waals surface area contributed by atoms with Crippen molar-refractivity contribution in [2.45, 2.75) is 32.9 Å². The Bertz CT molecular complexity index is 979. The Morgan fingerprint density at radius 3 is 2.92 bits per heavy atom. The van der Waals surface area contributed by atoms with Crippen molar-refractivity contribution in [1.82, 2.24) is 9.55 Å². The van der Waals surface area contributed by atoms with E-state index in [1.807, 2.05) is 6.21 Å². The zero-order valence-electron chi connectivity index (χ0n) is 13.8. The molecule has 0 fully saturated rings. The van der Waals surface area contributed by atoms with Crippen molar-refractivity contribution >= 4 is 6.21 Å². The maximum absolute atomic E-state index is 5.00. The molecule has 2 aliphatic rings. The number of aromatic nitrogens is 2. The van der Waals surface area contributed by atoms with Gasteiger partial charge in [0.15, 0.2) is 0 Å². The topological polar surface area (TPSA) is 30.2 Å². The largest absolute Gasteiger partial charge is 0.327 e. The lowest BCUT2D eigenvalue weighted by molar-refractivity contribution is 0.756. The van der Waals surface area contributed by atoms with Crippen LogP contribution in [0.25, 0.3) is 22.5 Å². The van der Waals surface area contributed by atoms with Crippen LogP contribution >= 0.6 is 0 Å². The van der Waals surface area contributed by atoms with Gasteiger partial charge >= 0.3 is 0 Å². The van der Waals surface area contributed by atoms with E-state index in [4.69, 9.17) is 4.98 Å². The van der Waals surface area contributed by atoms with Gasteiger partial charge in [-0.05, 0) is 36.6 Å². The molecule has 1 aromatic heterocycles. The van der Waals surface area contributed by atoms with E-state index >= 15 is 0 Å². The minimum atomic E-state index is 0.810. The number of fused-ring (bicyclic) bond motifs is 2. The lowest BCUT2D eigenvalue weighted by Crippen LogP contribution is -1.97. The highest BCUT2D eigenvalue weighted by atomic mass is 15.1. The summed E-state index contributed by atoms with van der Waals surface area (Å²) in [6, 6.07) is 15.4. The Morgan fingerprint density at radius 2 is 2.00 bits per heavy atom. The molecular weight excluding hydrogens is 294 g/mol. The van der Waals surface area contributed by atoms with Gasteiger partial charge in [0, 0.05) is 30.3 Å². The van der Waals surface area contributed by atoms with Crippen LogP contribution in [0.2, 0.25) is 0 Å². The normalized spacial score (nSPS) is 14.9. The van der Waals surface area contributed by atoms with Gasteiger partial charge in [-0.3, -0.25) is 4.99 Å². The molecule has 0 spiro atoms. The fraction of sp³-hybridized carbons (Fsp3) is 0.238. The summed E-state index contributed by atoms with van der Waals surface area (Å²) >= 11 is 0. The summed E-state index contributed by atoms with van der Waals surface area (Å²) in [5, 5.41) is 0. The van der Waals surface area contributed by atoms with E-state index in [0.29, 0.717) is 0 Å². The molecule has 0 saturated carbocycles. The average molecular weight is 313 g/mol. The van der Waals surface area contributed by atoms with Crippen molar-refractivity contribution in [3.05, 3.63) is 65.0 Å². The highest BCUT2D eigenvalue weighted by Crippen LogP contribution is 2.36. The minimum Gasteiger partial charge on any atom is -0.327 e. The Kier molecular flexibility index (Phi) is 2.96. The van der Waals surface area contributed by atoms with Crippen LogP contribution in [0.1, 0.15) is 28.9 Å². The molecule has 2 aromatic carbocycles. The standard InChI is InChI=1S/C21H19N3/c1-14-4-2-5-15(10-14)20-21(24-9-3-6-19(24)23-20)16-7-8-17-12-22-13-18(17)11-16/h2,4-5,7-8,10-11,13H,3,6,9,12H2,1H3. The Labute approximate surface area is 141 Å². The summed E-state index contributed by atoms with van der Waals surface area (Å²) in [4.78, 5) is 9.39. The van der Waals surface area contributed by atoms with Crippen LogP contribution < -0.4 is 0 Å². The molecule has 0 N–H and O–H groups in total. The first-order chi connectivity index (χ1) is 11.8. The smallest absolute Gasteiger partial charge is 0.109 e. The predicted molar refractivity (Wildman–Crippen MR) is 97.5 cm³/mol. The van der Waals surface area contributed by atoms with E-state index in [2.05, 4.69) is 58.9 Å². The van der Waals surface area contributed by atoms with Crippen LogP contribution in [0.15, 0.2) is 47.5 Å². The third-order valence-electron chi connectivity index (χ3n) is 5.03. The Morgan fingerprint density at radius 1 is 1.04 bits per heavy atom. The van der Waals surface area contributed by atoms with E-state index in [9.17, 15) is 0 Å². The number of benzene rings is 2. The molecule has 0 unspecified atom stereocenters. The molecule has 3 heteroatoms. The summed E-state index contributed by atoms with van der Waals surface area (Å²) in [6.45, 7) is 4.01. The lowest BCUT2D eigenvalue weighted by Gasteiger charge is -2.10. The number of aliphatic imine (C=N–C) groups is 1. The Hall–Kier alpha value is -2.68. The average Bonchev–Trinajstić information content (AvgIpc) is 3.29. The van der Waals surface area contributed by atoms with Gasteiger partial charge in [0.2, 0.25) is 0 Å². The summed E-state index contributed by atoms with van der Waals surface area (Å²) in [7, 11) is 0. The zero-order valence-corrected chi connectivity index (χ0v) is 13.8. The first kappa shape index (κ1) is 13.7. The molecule has 0 radical (unpaired) electrons. The molecule has 0 amide bonds. The Balaban J connectivity index is 1.74. The van der Waals surface area contributed by atoms with Gasteiger partial charge in [0.25, 0.3) is 0 Å². The van der Waals surface area contributed by atoms with Crippen LogP contribution in [-0.2, 0) is 19.5 Å². The van der Waals surface area contributed by atoms with Crippen LogP contribution in [0, 0.1) is 6.92 Å². The van der Waals surface area contributed by atoms with Gasteiger partial charge in [0.1, 0.15) is 5.82 Å². The van der Waals surface area contributed by atoms with Crippen LogP contribution in [-0.4, -0.2) is 15.8 Å². The zero-order chi connectivity index (χ0) is 16.1. The number of nitrogens with zero attached hydrogens (tertiary/aromatic N) is 3. The van der Waals surface area contributed by atoms with E-state index in [0.717, 1.165) is 25.2 Å². The molecule has 3 aromatic rings. The molecule has 118 valence electrons. The van der Waals surface area contributed by atoms with Crippen molar-refractivity contribution in [3.63, 3.8) is 0 Å². The maximum Gasteiger partial charge on any atom is 0.109 e. The second-order valence-electron chi connectivity index (χ2n) is 6.73. The lowest BCUT2D eigenvalue weighted by atomic mass is 10.00. The summed E-state index contributed by atoms with van der Waals surface area (Å²) in [6.07, 6.45) is 4.26. The second-order valence-corrected chi connectivity index (χ2v) is 6.73. The SMILES string of the molecule is Cc1cccc(-c2nc3n(c2-c2ccc4c(c2)C=NC4)CCC3)c1. The summed E-state index contributed by atoms with van der Waals surface area (Å²) in [5.41, 5.74) is 8.67. The van der Waals surface area contributed by atoms with Crippen molar-refractivity contribution in [3.8, 4) is 22.5 Å². The number of rotatable bonds is 2. The molecular formula is C21H19N3. The van der Waals surface area contributed by atoms with Crippen molar-refractivity contribution in [2.75, 3.05) is 0 Å². The van der Waals surface area contributed by atoms with Gasteiger partial charge in [-0.1, -0.05) is 35.9 Å². The first-order valence-corrected chi connectivity index (χ1v) is 8.59. The molecule has 2 aliphatic heterocycles. The molecule has 5 rings (SSSR count). The highest BCUT2D eigenvalue weighted by molar-refractivity contribution is 5.88. The van der Waals surface area contributed by atoms with Crippen LogP contribution in [0.3, 0.4) is 0 Å². The molecule has 3 heterocycles. The van der Waals surface area contributed by atoms with Gasteiger partial charge in [-0.25, -0.2) is 4.98 Å². The molecule has 0 saturated heterocycles. The van der Waals surface area contributed by atoms with Gasteiger partial charge in [-0.15, -0.1) is 0 Å². The number of hydrogen-bond donors (Lipinski definition) is 0. The number of aryl methyl sites for hydroxylation is 2. The second kappa shape index (κ2) is 5.17. The van der Waals surface area contributed by atoms with E-state index < -0.39 is 0 Å². The number of imidazole rings is 1. The summed E-state index contributed by atoms with van der Waals surface area (Å²) in [5.74, 6) is 1.22. The van der Waals surface area contributed by atoms with E-state index in [1.54, 1.807) is 0 Å². The molecule has 24 heavy (non-hydrogen) atoms. The fourth-order valence-electron chi connectivity index (χ4n) is 3.86. The van der Waals surface area contributed by atoms with E-state index in [1.165, 1.54) is 45.8 Å². The minimum absolute atomic E-state index is 0.810. The fourth-order valence-corrected chi connectivity index (χ4v) is 3.86. The van der Waals surface area contributed by atoms with Crippen molar-refractivity contribution in [2.24, 2.45) is 4.99 Å². The van der Waals surface area contributed by atoms with E-state index in [-0.39, 0.29) is 0 Å². The van der Waals surface area contributed by atoms with Gasteiger partial charge < -0.3 is 4.57 Å². The van der Waals surface area contributed by atoms with Crippen LogP contribution in [0.5, 0.6) is 0 Å². The third kappa shape index (κ3) is 2.04. The van der Waals surface area contributed by atoms with Crippen molar-refractivity contribution in [1.29, 1.82) is 0 Å². The molecule has 3 nitrogen and oxygen atoms in total. The van der Waals surface area contributed by atoms with Gasteiger partial charge in [-0.2, -0.15) is 0 Å².